The van der Waals surface area contributed by atoms with Crippen LogP contribution in [0.2, 0.25) is 0 Å². The highest BCUT2D eigenvalue weighted by atomic mass is 32.1. The van der Waals surface area contributed by atoms with E-state index in [4.69, 9.17) is 14.6 Å². The van der Waals surface area contributed by atoms with E-state index in [2.05, 4.69) is 22.0 Å². The van der Waals surface area contributed by atoms with Crippen LogP contribution in [0, 0.1) is 6.92 Å². The van der Waals surface area contributed by atoms with Gasteiger partial charge in [-0.2, -0.15) is 0 Å². The number of nitrogens with zero attached hydrogens (tertiary/aromatic N) is 4. The van der Waals surface area contributed by atoms with Gasteiger partial charge in [-0.05, 0) is 25.8 Å². The Morgan fingerprint density at radius 1 is 1.25 bits per heavy atom. The maximum Gasteiger partial charge on any atom is 0.214 e. The molecule has 0 radical (unpaired) electrons. The van der Waals surface area contributed by atoms with E-state index in [0.717, 1.165) is 46.7 Å². The number of rotatable bonds is 2. The topological polar surface area (TPSA) is 51.9 Å². The van der Waals surface area contributed by atoms with Crippen molar-refractivity contribution in [2.24, 2.45) is 0 Å². The first-order valence-corrected chi connectivity index (χ1v) is 9.09. The minimum absolute atomic E-state index is 0.276. The normalized spacial score (nSPS) is 20.0. The monoisotopic (exact) mass is 342 g/mol. The highest BCUT2D eigenvalue weighted by Gasteiger charge is 2.32. The van der Waals surface area contributed by atoms with Crippen molar-refractivity contribution >= 4 is 21.4 Å². The van der Waals surface area contributed by atoms with Crippen molar-refractivity contribution < 1.29 is 9.47 Å². The van der Waals surface area contributed by atoms with Crippen LogP contribution in [-0.2, 0) is 0 Å². The first-order valence-electron chi connectivity index (χ1n) is 8.27. The van der Waals surface area contributed by atoms with Crippen LogP contribution >= 0.6 is 11.3 Å². The van der Waals surface area contributed by atoms with E-state index in [1.807, 2.05) is 23.7 Å². The molecule has 0 spiro atoms. The van der Waals surface area contributed by atoms with Crippen molar-refractivity contribution in [3.63, 3.8) is 0 Å². The average molecular weight is 342 g/mol. The Kier molecular flexibility index (Phi) is 3.16. The summed E-state index contributed by atoms with van der Waals surface area (Å²) in [5.74, 6) is 1.76. The van der Waals surface area contributed by atoms with E-state index in [9.17, 15) is 0 Å². The molecule has 124 valence electrons. The highest BCUT2D eigenvalue weighted by Crippen LogP contribution is 2.45. The molecule has 1 atom stereocenters. The van der Waals surface area contributed by atoms with E-state index in [1.165, 1.54) is 5.56 Å². The van der Waals surface area contributed by atoms with Crippen molar-refractivity contribution in [2.75, 3.05) is 24.7 Å². The summed E-state index contributed by atoms with van der Waals surface area (Å²) >= 11 is 1.65. The molecule has 2 aromatic heterocycles. The third-order valence-corrected chi connectivity index (χ3v) is 5.57. The Hall–Kier alpha value is -2.28. The predicted molar refractivity (Wildman–Crippen MR) is 92.4 cm³/mol. The summed E-state index contributed by atoms with van der Waals surface area (Å²) < 4.78 is 13.5. The van der Waals surface area contributed by atoms with Gasteiger partial charge in [0.25, 0.3) is 0 Å². The Balaban J connectivity index is 1.54. The Morgan fingerprint density at radius 2 is 2.17 bits per heavy atom. The second kappa shape index (κ2) is 5.37. The molecule has 0 N–H and O–H groups in total. The van der Waals surface area contributed by atoms with Crippen molar-refractivity contribution in [1.29, 1.82) is 0 Å². The number of aromatic nitrogens is 3. The van der Waals surface area contributed by atoms with Crippen LogP contribution in [0.5, 0.6) is 11.5 Å². The number of benzene rings is 1. The molecule has 0 amide bonds. The molecule has 1 fully saturated rings. The number of fused-ring (bicyclic) bond motifs is 2. The van der Waals surface area contributed by atoms with Crippen LogP contribution in [0.3, 0.4) is 0 Å². The molecule has 0 saturated carbocycles. The maximum absolute atomic E-state index is 5.92. The number of ether oxygens (including phenoxy) is 2. The third-order valence-electron chi connectivity index (χ3n) is 4.61. The highest BCUT2D eigenvalue weighted by molar-refractivity contribution is 7.20. The summed E-state index contributed by atoms with van der Waals surface area (Å²) in [4.78, 5) is 7.85. The fourth-order valence-electron chi connectivity index (χ4n) is 3.59. The molecule has 2 aliphatic rings. The predicted octanol–water partition coefficient (Wildman–Crippen LogP) is 3.21. The van der Waals surface area contributed by atoms with Gasteiger partial charge in [-0.25, -0.2) is 9.50 Å². The van der Waals surface area contributed by atoms with E-state index < -0.39 is 0 Å². The Bertz CT molecular complexity index is 872. The van der Waals surface area contributed by atoms with Crippen LogP contribution in [0.25, 0.3) is 4.96 Å². The first kappa shape index (κ1) is 14.1. The van der Waals surface area contributed by atoms with Crippen molar-refractivity contribution in [1.82, 2.24) is 14.6 Å². The molecule has 0 aliphatic carbocycles. The molecule has 1 unspecified atom stereocenters. The molecule has 6 nitrogen and oxygen atoms in total. The second-order valence-corrected chi connectivity index (χ2v) is 7.15. The third kappa shape index (κ3) is 2.15. The van der Waals surface area contributed by atoms with Crippen LogP contribution in [-0.4, -0.2) is 34.4 Å². The molecule has 24 heavy (non-hydrogen) atoms. The second-order valence-electron chi connectivity index (χ2n) is 6.22. The summed E-state index contributed by atoms with van der Waals surface area (Å²) in [6, 6.07) is 6.47. The standard InChI is InChI=1S/C17H18N4O2S/c1-11-10-21-16(18-11)24-17(19-21)20-7-3-5-13(20)12-4-2-6-14-15(12)23-9-8-22-14/h2,4,6,10,13H,3,5,7-9H2,1H3. The van der Waals surface area contributed by atoms with Gasteiger partial charge in [-0.3, -0.25) is 0 Å². The molecule has 1 aromatic carbocycles. The minimum Gasteiger partial charge on any atom is -0.486 e. The Morgan fingerprint density at radius 3 is 3.08 bits per heavy atom. The van der Waals surface area contributed by atoms with Crippen LogP contribution in [0.15, 0.2) is 24.4 Å². The molecule has 7 heteroatoms. The number of aryl methyl sites for hydroxylation is 1. The van der Waals surface area contributed by atoms with Gasteiger partial charge in [0.05, 0.1) is 17.9 Å². The van der Waals surface area contributed by atoms with E-state index in [0.29, 0.717) is 13.2 Å². The van der Waals surface area contributed by atoms with Crippen LogP contribution in [0.1, 0.15) is 30.1 Å². The lowest BCUT2D eigenvalue weighted by atomic mass is 10.0. The fraction of sp³-hybridized carbons (Fsp3) is 0.412. The van der Waals surface area contributed by atoms with Gasteiger partial charge < -0.3 is 14.4 Å². The molecular weight excluding hydrogens is 324 g/mol. The van der Waals surface area contributed by atoms with Gasteiger partial charge in [0, 0.05) is 12.1 Å². The molecule has 5 rings (SSSR count). The van der Waals surface area contributed by atoms with Crippen molar-refractivity contribution in [2.45, 2.75) is 25.8 Å². The lowest BCUT2D eigenvalue weighted by molar-refractivity contribution is 0.169. The van der Waals surface area contributed by atoms with Crippen molar-refractivity contribution in [3.05, 3.63) is 35.7 Å². The minimum atomic E-state index is 0.276. The summed E-state index contributed by atoms with van der Waals surface area (Å²) in [7, 11) is 0. The zero-order chi connectivity index (χ0) is 16.1. The SMILES string of the molecule is Cc1cn2nc(N3CCCC3c3cccc4c3OCCO4)sc2n1. The zero-order valence-electron chi connectivity index (χ0n) is 13.4. The van der Waals surface area contributed by atoms with Crippen LogP contribution < -0.4 is 14.4 Å². The first-order chi connectivity index (χ1) is 11.8. The van der Waals surface area contributed by atoms with E-state index >= 15 is 0 Å². The van der Waals surface area contributed by atoms with Crippen LogP contribution in [0.4, 0.5) is 5.13 Å². The number of hydrogen-bond acceptors (Lipinski definition) is 6. The lowest BCUT2D eigenvalue weighted by Crippen LogP contribution is -2.24. The fourth-order valence-corrected chi connectivity index (χ4v) is 4.60. The molecule has 2 aliphatic heterocycles. The largest absolute Gasteiger partial charge is 0.486 e. The Labute approximate surface area is 143 Å². The number of anilines is 1. The smallest absolute Gasteiger partial charge is 0.214 e. The van der Waals surface area contributed by atoms with Gasteiger partial charge in [0.2, 0.25) is 10.1 Å². The summed E-state index contributed by atoms with van der Waals surface area (Å²) in [5, 5.41) is 5.75. The van der Waals surface area contributed by atoms with Gasteiger partial charge in [-0.15, -0.1) is 5.10 Å². The maximum atomic E-state index is 5.92. The molecule has 3 aromatic rings. The number of imidazole rings is 1. The molecule has 0 bridgehead atoms. The number of para-hydroxylation sites is 1. The summed E-state index contributed by atoms with van der Waals surface area (Å²) in [6.07, 6.45) is 4.22. The van der Waals surface area contributed by atoms with E-state index in [-0.39, 0.29) is 6.04 Å². The van der Waals surface area contributed by atoms with Gasteiger partial charge in [0.15, 0.2) is 11.5 Å². The summed E-state index contributed by atoms with van der Waals surface area (Å²) in [6.45, 7) is 4.23. The van der Waals surface area contributed by atoms with Gasteiger partial charge in [-0.1, -0.05) is 23.5 Å². The summed E-state index contributed by atoms with van der Waals surface area (Å²) in [5.41, 5.74) is 2.20. The van der Waals surface area contributed by atoms with E-state index in [1.54, 1.807) is 11.3 Å². The molecular formula is C17H18N4O2S. The zero-order valence-corrected chi connectivity index (χ0v) is 14.3. The van der Waals surface area contributed by atoms with Gasteiger partial charge >= 0.3 is 0 Å². The average Bonchev–Trinajstić information content (AvgIpc) is 3.28. The van der Waals surface area contributed by atoms with Gasteiger partial charge in [0.1, 0.15) is 13.2 Å². The molecule has 4 heterocycles. The number of hydrogen-bond donors (Lipinski definition) is 0. The van der Waals surface area contributed by atoms with Crippen molar-refractivity contribution in [3.8, 4) is 11.5 Å². The lowest BCUT2D eigenvalue weighted by Gasteiger charge is -2.28. The quantitative estimate of drug-likeness (QED) is 0.716. The molecule has 1 saturated heterocycles.